The lowest BCUT2D eigenvalue weighted by Crippen LogP contribution is -2.12. The molecule has 0 saturated carbocycles. The van der Waals surface area contributed by atoms with Crippen LogP contribution in [0.25, 0.3) is 6.08 Å². The molecule has 0 bridgehead atoms. The number of ether oxygens (including phenoxy) is 1. The largest absolute Gasteiger partial charge is 0.454 e. The van der Waals surface area contributed by atoms with Crippen LogP contribution >= 0.6 is 22.6 Å². The summed E-state index contributed by atoms with van der Waals surface area (Å²) >= 11 is 2.16. The van der Waals surface area contributed by atoms with E-state index in [9.17, 15) is 9.59 Å². The zero-order valence-corrected chi connectivity index (χ0v) is 13.3. The molecule has 3 nitrogen and oxygen atoms in total. The molecule has 2 aromatic rings. The molecule has 0 fully saturated rings. The van der Waals surface area contributed by atoms with Crippen molar-refractivity contribution in [3.63, 3.8) is 0 Å². The molecule has 0 radical (unpaired) electrons. The maximum atomic E-state index is 11.8. The highest BCUT2D eigenvalue weighted by Crippen LogP contribution is 2.08. The normalized spacial score (nSPS) is 10.5. The molecular formula is C17H13IO3. The van der Waals surface area contributed by atoms with E-state index in [0.717, 1.165) is 9.13 Å². The minimum Gasteiger partial charge on any atom is -0.454 e. The summed E-state index contributed by atoms with van der Waals surface area (Å²) in [6.07, 6.45) is 2.97. The van der Waals surface area contributed by atoms with E-state index in [4.69, 9.17) is 4.74 Å². The van der Waals surface area contributed by atoms with Gasteiger partial charge in [0.25, 0.3) is 0 Å². The molecule has 0 unspecified atom stereocenters. The molecule has 21 heavy (non-hydrogen) atoms. The first-order chi connectivity index (χ1) is 10.1. The second-order valence-electron chi connectivity index (χ2n) is 4.28. The first-order valence-corrected chi connectivity index (χ1v) is 7.42. The smallest absolute Gasteiger partial charge is 0.331 e. The van der Waals surface area contributed by atoms with E-state index >= 15 is 0 Å². The molecule has 0 saturated heterocycles. The first kappa shape index (κ1) is 15.4. The number of hydrogen-bond acceptors (Lipinski definition) is 3. The van der Waals surface area contributed by atoms with Crippen molar-refractivity contribution in [1.82, 2.24) is 0 Å². The summed E-state index contributed by atoms with van der Waals surface area (Å²) < 4.78 is 5.98. The van der Waals surface area contributed by atoms with E-state index in [0.29, 0.717) is 5.56 Å². The number of halogens is 1. The number of Topliss-reactive ketones (excluding diaryl/α,β-unsaturated/α-hetero) is 1. The number of rotatable bonds is 5. The second-order valence-corrected chi connectivity index (χ2v) is 5.53. The van der Waals surface area contributed by atoms with Gasteiger partial charge in [0.2, 0.25) is 0 Å². The van der Waals surface area contributed by atoms with Crippen molar-refractivity contribution in [3.8, 4) is 0 Å². The lowest BCUT2D eigenvalue weighted by Gasteiger charge is -2.02. The predicted octanol–water partition coefficient (Wildman–Crippen LogP) is 3.73. The lowest BCUT2D eigenvalue weighted by molar-refractivity contribution is -0.136. The summed E-state index contributed by atoms with van der Waals surface area (Å²) in [5.41, 5.74) is 1.44. The fourth-order valence-corrected chi connectivity index (χ4v) is 1.99. The predicted molar refractivity (Wildman–Crippen MR) is 89.9 cm³/mol. The van der Waals surface area contributed by atoms with Crippen LogP contribution in [0.5, 0.6) is 0 Å². The Morgan fingerprint density at radius 1 is 1.00 bits per heavy atom. The van der Waals surface area contributed by atoms with Gasteiger partial charge in [-0.05, 0) is 46.4 Å². The highest BCUT2D eigenvalue weighted by Gasteiger charge is 2.08. The van der Waals surface area contributed by atoms with E-state index in [2.05, 4.69) is 22.6 Å². The Labute approximate surface area is 136 Å². The van der Waals surface area contributed by atoms with Crippen LogP contribution in [-0.2, 0) is 9.53 Å². The topological polar surface area (TPSA) is 43.4 Å². The molecule has 0 aromatic heterocycles. The van der Waals surface area contributed by atoms with Gasteiger partial charge in [0, 0.05) is 15.2 Å². The van der Waals surface area contributed by atoms with Crippen molar-refractivity contribution >= 4 is 40.4 Å². The van der Waals surface area contributed by atoms with Gasteiger partial charge >= 0.3 is 5.97 Å². The van der Waals surface area contributed by atoms with Gasteiger partial charge in [-0.1, -0.05) is 42.5 Å². The number of ketones is 1. The average Bonchev–Trinajstić information content (AvgIpc) is 2.52. The molecule has 0 atom stereocenters. The number of carbonyl (C=O) groups is 2. The quantitative estimate of drug-likeness (QED) is 0.337. The van der Waals surface area contributed by atoms with Crippen LogP contribution in [0.1, 0.15) is 15.9 Å². The molecular weight excluding hydrogens is 379 g/mol. The first-order valence-electron chi connectivity index (χ1n) is 6.34. The fourth-order valence-electron chi connectivity index (χ4n) is 1.63. The van der Waals surface area contributed by atoms with Crippen LogP contribution in [0.4, 0.5) is 0 Å². The maximum Gasteiger partial charge on any atom is 0.331 e. The van der Waals surface area contributed by atoms with Gasteiger partial charge in [-0.25, -0.2) is 4.79 Å². The lowest BCUT2D eigenvalue weighted by atomic mass is 10.1. The zero-order valence-electron chi connectivity index (χ0n) is 11.2. The SMILES string of the molecule is O=C(/C=C/c1ccccc1)OCC(=O)c1ccc(I)cc1. The maximum absolute atomic E-state index is 11.8. The third-order valence-electron chi connectivity index (χ3n) is 2.72. The molecule has 4 heteroatoms. The van der Waals surface area contributed by atoms with Crippen molar-refractivity contribution in [3.05, 3.63) is 75.4 Å². The van der Waals surface area contributed by atoms with E-state index in [-0.39, 0.29) is 12.4 Å². The molecule has 0 aliphatic carbocycles. The molecule has 0 aliphatic heterocycles. The standard InChI is InChI=1S/C17H13IO3/c18-15-9-7-14(8-10-15)16(19)12-21-17(20)11-6-13-4-2-1-3-5-13/h1-11H,12H2/b11-6+. The molecule has 0 amide bonds. The summed E-state index contributed by atoms with van der Waals surface area (Å²) in [5.74, 6) is -0.745. The van der Waals surface area contributed by atoms with E-state index in [1.807, 2.05) is 42.5 Å². The van der Waals surface area contributed by atoms with Gasteiger partial charge < -0.3 is 4.74 Å². The van der Waals surface area contributed by atoms with Crippen molar-refractivity contribution < 1.29 is 14.3 Å². The molecule has 0 aliphatic rings. The van der Waals surface area contributed by atoms with Crippen molar-refractivity contribution in [2.45, 2.75) is 0 Å². The number of benzene rings is 2. The van der Waals surface area contributed by atoms with Crippen LogP contribution in [-0.4, -0.2) is 18.4 Å². The van der Waals surface area contributed by atoms with E-state index in [1.54, 1.807) is 18.2 Å². The number of hydrogen-bond donors (Lipinski definition) is 0. The third kappa shape index (κ3) is 5.15. The van der Waals surface area contributed by atoms with Crippen molar-refractivity contribution in [2.75, 3.05) is 6.61 Å². The molecule has 2 rings (SSSR count). The summed E-state index contributed by atoms with van der Waals surface area (Å²) in [7, 11) is 0. The van der Waals surface area contributed by atoms with Crippen LogP contribution in [0.15, 0.2) is 60.7 Å². The van der Waals surface area contributed by atoms with Gasteiger partial charge in [-0.2, -0.15) is 0 Å². The average molecular weight is 392 g/mol. The summed E-state index contributed by atoms with van der Waals surface area (Å²) in [6.45, 7) is -0.251. The van der Waals surface area contributed by atoms with Crippen molar-refractivity contribution in [1.29, 1.82) is 0 Å². The van der Waals surface area contributed by atoms with Crippen LogP contribution in [0, 0.1) is 3.57 Å². The summed E-state index contributed by atoms with van der Waals surface area (Å²) in [6, 6.07) is 16.5. The summed E-state index contributed by atoms with van der Waals surface area (Å²) in [5, 5.41) is 0. The molecule has 0 spiro atoms. The highest BCUT2D eigenvalue weighted by molar-refractivity contribution is 14.1. The van der Waals surface area contributed by atoms with Crippen LogP contribution in [0.3, 0.4) is 0 Å². The van der Waals surface area contributed by atoms with E-state index in [1.165, 1.54) is 6.08 Å². The Kier molecular flexibility index (Phi) is 5.68. The van der Waals surface area contributed by atoms with Gasteiger partial charge in [0.15, 0.2) is 12.4 Å². The molecule has 106 valence electrons. The minimum absolute atomic E-state index is 0.215. The zero-order chi connectivity index (χ0) is 15.1. The monoisotopic (exact) mass is 392 g/mol. The second kappa shape index (κ2) is 7.73. The number of carbonyl (C=O) groups excluding carboxylic acids is 2. The highest BCUT2D eigenvalue weighted by atomic mass is 127. The Morgan fingerprint density at radius 2 is 1.67 bits per heavy atom. The Hall–Kier alpha value is -1.95. The molecule has 0 N–H and O–H groups in total. The van der Waals surface area contributed by atoms with Gasteiger partial charge in [-0.3, -0.25) is 4.79 Å². The van der Waals surface area contributed by atoms with E-state index < -0.39 is 5.97 Å². The third-order valence-corrected chi connectivity index (χ3v) is 3.44. The van der Waals surface area contributed by atoms with Crippen molar-refractivity contribution in [2.24, 2.45) is 0 Å². The van der Waals surface area contributed by atoms with Crippen LogP contribution in [0.2, 0.25) is 0 Å². The van der Waals surface area contributed by atoms with Gasteiger partial charge in [0.1, 0.15) is 0 Å². The Morgan fingerprint density at radius 3 is 2.33 bits per heavy atom. The Balaban J connectivity index is 1.85. The molecule has 0 heterocycles. The fraction of sp³-hybridized carbons (Fsp3) is 0.0588. The van der Waals surface area contributed by atoms with Gasteiger partial charge in [-0.15, -0.1) is 0 Å². The minimum atomic E-state index is -0.530. The Bertz CT molecular complexity index is 645. The number of esters is 1. The van der Waals surface area contributed by atoms with Gasteiger partial charge in [0.05, 0.1) is 0 Å². The molecule has 2 aromatic carbocycles. The summed E-state index contributed by atoms with van der Waals surface area (Å²) in [4.78, 5) is 23.4. The van der Waals surface area contributed by atoms with Crippen LogP contribution < -0.4 is 0 Å².